The number of benzene rings is 1. The number of ether oxygens (including phenoxy) is 2. The van der Waals surface area contributed by atoms with Gasteiger partial charge >= 0.3 is 0 Å². The highest BCUT2D eigenvalue weighted by Crippen LogP contribution is 2.29. The van der Waals surface area contributed by atoms with Crippen LogP contribution in [0.5, 0.6) is 11.5 Å². The highest BCUT2D eigenvalue weighted by Gasteiger charge is 2.26. The fourth-order valence-corrected chi connectivity index (χ4v) is 3.46. The van der Waals surface area contributed by atoms with E-state index in [1.807, 2.05) is 19.9 Å². The van der Waals surface area contributed by atoms with Gasteiger partial charge in [0.15, 0.2) is 11.5 Å². The zero-order valence-corrected chi connectivity index (χ0v) is 19.7. The van der Waals surface area contributed by atoms with Crippen LogP contribution in [0.25, 0.3) is 10.9 Å². The summed E-state index contributed by atoms with van der Waals surface area (Å²) >= 11 is 0. The Hall–Kier alpha value is -3.95. The lowest BCUT2D eigenvalue weighted by atomic mass is 9.98. The first kappa shape index (κ1) is 24.7. The van der Waals surface area contributed by atoms with E-state index >= 15 is 0 Å². The van der Waals surface area contributed by atoms with Crippen molar-refractivity contribution in [2.45, 2.75) is 39.4 Å². The number of aromatic nitrogens is 3. The third kappa shape index (κ3) is 5.69. The van der Waals surface area contributed by atoms with Crippen molar-refractivity contribution in [2.75, 3.05) is 14.2 Å². The molecule has 0 bridgehead atoms. The van der Waals surface area contributed by atoms with Crippen LogP contribution in [0.2, 0.25) is 0 Å². The first-order chi connectivity index (χ1) is 16.4. The van der Waals surface area contributed by atoms with Gasteiger partial charge < -0.3 is 20.1 Å². The first-order valence-electron chi connectivity index (χ1n) is 11.0. The van der Waals surface area contributed by atoms with Crippen LogP contribution in [0.1, 0.15) is 26.0 Å². The summed E-state index contributed by atoms with van der Waals surface area (Å²) < 4.78 is 11.7. The molecule has 2 N–H and O–H groups in total. The van der Waals surface area contributed by atoms with E-state index in [1.165, 1.54) is 31.2 Å². The number of hydrogen-bond donors (Lipinski definition) is 2. The van der Waals surface area contributed by atoms with Crippen LogP contribution in [-0.2, 0) is 22.7 Å². The summed E-state index contributed by atoms with van der Waals surface area (Å²) in [7, 11) is 2.97. The van der Waals surface area contributed by atoms with E-state index in [4.69, 9.17) is 9.47 Å². The molecule has 3 aromatic rings. The Labute approximate surface area is 197 Å². The summed E-state index contributed by atoms with van der Waals surface area (Å²) in [6.45, 7) is 3.79. The molecular formula is C24H29N5O5. The molecule has 0 aliphatic carbocycles. The molecule has 0 spiro atoms. The summed E-state index contributed by atoms with van der Waals surface area (Å²) in [6, 6.07) is 7.82. The fraction of sp³-hybridized carbons (Fsp3) is 0.375. The number of carbonyl (C=O) groups excluding carboxylic acids is 2. The van der Waals surface area contributed by atoms with E-state index in [2.05, 4.69) is 20.6 Å². The maximum absolute atomic E-state index is 13.0. The molecule has 180 valence electrons. The molecule has 10 heteroatoms. The van der Waals surface area contributed by atoms with E-state index in [-0.39, 0.29) is 24.9 Å². The van der Waals surface area contributed by atoms with E-state index in [9.17, 15) is 14.4 Å². The highest BCUT2D eigenvalue weighted by molar-refractivity contribution is 5.88. The number of fused-ring (bicyclic) bond motifs is 1. The van der Waals surface area contributed by atoms with Gasteiger partial charge in [0.1, 0.15) is 12.6 Å². The fourth-order valence-electron chi connectivity index (χ4n) is 3.46. The van der Waals surface area contributed by atoms with Crippen molar-refractivity contribution in [3.05, 3.63) is 58.9 Å². The largest absolute Gasteiger partial charge is 0.493 e. The minimum Gasteiger partial charge on any atom is -0.493 e. The van der Waals surface area contributed by atoms with E-state index in [0.29, 0.717) is 34.5 Å². The number of pyridine rings is 1. The van der Waals surface area contributed by atoms with Gasteiger partial charge in [0, 0.05) is 12.3 Å². The van der Waals surface area contributed by atoms with Gasteiger partial charge in [0.25, 0.3) is 5.56 Å². The molecule has 2 aromatic heterocycles. The zero-order valence-electron chi connectivity index (χ0n) is 19.7. The maximum atomic E-state index is 13.0. The number of nitrogens with zero attached hydrogens (tertiary/aromatic N) is 3. The van der Waals surface area contributed by atoms with Crippen molar-refractivity contribution in [3.63, 3.8) is 0 Å². The van der Waals surface area contributed by atoms with Crippen molar-refractivity contribution in [2.24, 2.45) is 5.92 Å². The number of carbonyl (C=O) groups is 2. The van der Waals surface area contributed by atoms with Gasteiger partial charge in [0.05, 0.1) is 43.7 Å². The second kappa shape index (κ2) is 11.3. The van der Waals surface area contributed by atoms with E-state index < -0.39 is 17.5 Å². The summed E-state index contributed by atoms with van der Waals surface area (Å²) in [4.78, 5) is 47.0. The van der Waals surface area contributed by atoms with Crippen LogP contribution >= 0.6 is 0 Å². The SMILES string of the molecule is CC[C@H](C)[C@H](NC(=O)Cn1cnc2cc(OC)c(OC)cc2c1=O)C(=O)NCc1ccccn1. The lowest BCUT2D eigenvalue weighted by Crippen LogP contribution is -2.51. The molecule has 0 saturated carbocycles. The third-order valence-electron chi connectivity index (χ3n) is 5.63. The molecule has 0 fully saturated rings. The minimum atomic E-state index is -0.755. The summed E-state index contributed by atoms with van der Waals surface area (Å²) in [5.74, 6) is -0.0601. The summed E-state index contributed by atoms with van der Waals surface area (Å²) in [5, 5.41) is 5.88. The zero-order chi connectivity index (χ0) is 24.7. The molecule has 34 heavy (non-hydrogen) atoms. The Bertz CT molecular complexity index is 1210. The number of amides is 2. The quantitative estimate of drug-likeness (QED) is 0.465. The van der Waals surface area contributed by atoms with E-state index in [1.54, 1.807) is 24.4 Å². The molecule has 0 aliphatic heterocycles. The molecule has 2 amide bonds. The number of hydrogen-bond acceptors (Lipinski definition) is 7. The summed E-state index contributed by atoms with van der Waals surface area (Å²) in [6.07, 6.45) is 3.63. The maximum Gasteiger partial charge on any atom is 0.261 e. The average molecular weight is 468 g/mol. The minimum absolute atomic E-state index is 0.115. The topological polar surface area (TPSA) is 124 Å². The summed E-state index contributed by atoms with van der Waals surface area (Å²) in [5.41, 5.74) is 0.734. The van der Waals surface area contributed by atoms with Gasteiger partial charge in [-0.15, -0.1) is 0 Å². The molecular weight excluding hydrogens is 438 g/mol. The number of methoxy groups -OCH3 is 2. The second-order valence-electron chi connectivity index (χ2n) is 7.87. The van der Waals surface area contributed by atoms with Gasteiger partial charge in [-0.25, -0.2) is 4.98 Å². The lowest BCUT2D eigenvalue weighted by Gasteiger charge is -2.23. The Kier molecular flexibility index (Phi) is 8.18. The predicted octanol–water partition coefficient (Wildman–Crippen LogP) is 1.66. The predicted molar refractivity (Wildman–Crippen MR) is 127 cm³/mol. The Morgan fingerprint density at radius 1 is 1.12 bits per heavy atom. The Balaban J connectivity index is 1.75. The normalized spacial score (nSPS) is 12.6. The smallest absolute Gasteiger partial charge is 0.261 e. The number of nitrogens with one attached hydrogen (secondary N) is 2. The molecule has 1 aromatic carbocycles. The average Bonchev–Trinajstić information content (AvgIpc) is 2.87. The molecule has 0 aliphatic rings. The van der Waals surface area contributed by atoms with Crippen molar-refractivity contribution < 1.29 is 19.1 Å². The molecule has 0 radical (unpaired) electrons. The van der Waals surface area contributed by atoms with Gasteiger partial charge in [0.2, 0.25) is 11.8 Å². The Morgan fingerprint density at radius 2 is 1.85 bits per heavy atom. The van der Waals surface area contributed by atoms with Gasteiger partial charge in [-0.2, -0.15) is 0 Å². The highest BCUT2D eigenvalue weighted by atomic mass is 16.5. The Morgan fingerprint density at radius 3 is 2.50 bits per heavy atom. The van der Waals surface area contributed by atoms with Crippen molar-refractivity contribution in [3.8, 4) is 11.5 Å². The van der Waals surface area contributed by atoms with Gasteiger partial charge in [-0.3, -0.25) is 23.9 Å². The van der Waals surface area contributed by atoms with Crippen LogP contribution in [-0.4, -0.2) is 46.6 Å². The van der Waals surface area contributed by atoms with Gasteiger partial charge in [-0.1, -0.05) is 26.3 Å². The van der Waals surface area contributed by atoms with Crippen LogP contribution in [0.15, 0.2) is 47.7 Å². The molecule has 2 heterocycles. The van der Waals surface area contributed by atoms with E-state index in [0.717, 1.165) is 0 Å². The van der Waals surface area contributed by atoms with Gasteiger partial charge in [-0.05, 0) is 24.1 Å². The number of rotatable bonds is 10. The molecule has 0 unspecified atom stereocenters. The molecule has 0 saturated heterocycles. The van der Waals surface area contributed by atoms with Crippen LogP contribution in [0, 0.1) is 5.92 Å². The van der Waals surface area contributed by atoms with Crippen molar-refractivity contribution in [1.82, 2.24) is 25.2 Å². The molecule has 2 atom stereocenters. The third-order valence-corrected chi connectivity index (χ3v) is 5.63. The molecule has 3 rings (SSSR count). The van der Waals surface area contributed by atoms with Crippen LogP contribution in [0.3, 0.4) is 0 Å². The second-order valence-corrected chi connectivity index (χ2v) is 7.87. The molecule has 10 nitrogen and oxygen atoms in total. The lowest BCUT2D eigenvalue weighted by molar-refractivity contribution is -0.130. The van der Waals surface area contributed by atoms with Crippen molar-refractivity contribution in [1.29, 1.82) is 0 Å². The standard InChI is InChI=1S/C24H29N5O5/c1-5-15(2)22(23(31)26-12-16-8-6-7-9-25-16)28-21(30)13-29-14-27-18-11-20(34-4)19(33-3)10-17(18)24(29)32/h6-11,14-15,22H,5,12-13H2,1-4H3,(H,26,31)(H,28,30)/t15-,22-/m0/s1. The van der Waals surface area contributed by atoms with Crippen molar-refractivity contribution >= 4 is 22.7 Å². The monoisotopic (exact) mass is 467 g/mol. The van der Waals surface area contributed by atoms with Crippen LogP contribution < -0.4 is 25.7 Å². The first-order valence-corrected chi connectivity index (χ1v) is 11.0. The van der Waals surface area contributed by atoms with Crippen LogP contribution in [0.4, 0.5) is 0 Å².